The zero-order chi connectivity index (χ0) is 11.4. The molecule has 0 radical (unpaired) electrons. The van der Waals surface area contributed by atoms with Gasteiger partial charge in [0.2, 0.25) is 0 Å². The van der Waals surface area contributed by atoms with E-state index in [1.807, 2.05) is 12.1 Å². The van der Waals surface area contributed by atoms with Gasteiger partial charge in [0.15, 0.2) is 0 Å². The molecule has 0 heterocycles. The van der Waals surface area contributed by atoms with Gasteiger partial charge in [-0.15, -0.1) is 0 Å². The maximum absolute atomic E-state index is 11.7. The third-order valence-electron chi connectivity index (χ3n) is 2.20. The summed E-state index contributed by atoms with van der Waals surface area (Å²) in [5.74, 6) is -0.184. The normalized spacial score (nSPS) is 14.4. The summed E-state index contributed by atoms with van der Waals surface area (Å²) in [5, 5.41) is 12.0. The molecule has 3 nitrogen and oxygen atoms in total. The summed E-state index contributed by atoms with van der Waals surface area (Å²) in [6, 6.07) is 6.92. The van der Waals surface area contributed by atoms with Gasteiger partial charge in [-0.1, -0.05) is 12.1 Å². The van der Waals surface area contributed by atoms with Gasteiger partial charge in [-0.3, -0.25) is 4.79 Å². The van der Waals surface area contributed by atoms with Crippen LogP contribution in [0.1, 0.15) is 24.2 Å². The third kappa shape index (κ3) is 3.32. The first-order chi connectivity index (χ1) is 7.02. The van der Waals surface area contributed by atoms with Crippen LogP contribution >= 0.6 is 15.9 Å². The van der Waals surface area contributed by atoms with Crippen LogP contribution in [0.4, 0.5) is 0 Å². The monoisotopic (exact) mass is 271 g/mol. The van der Waals surface area contributed by atoms with Crippen molar-refractivity contribution in [3.8, 4) is 0 Å². The van der Waals surface area contributed by atoms with Crippen molar-refractivity contribution in [2.24, 2.45) is 0 Å². The lowest BCUT2D eigenvalue weighted by atomic mass is 10.1. The van der Waals surface area contributed by atoms with E-state index in [1.165, 1.54) is 0 Å². The Hall–Kier alpha value is -0.870. The highest BCUT2D eigenvalue weighted by Crippen LogP contribution is 2.15. The summed E-state index contributed by atoms with van der Waals surface area (Å²) in [6.07, 6.45) is -0.559. The molecule has 1 aromatic rings. The van der Waals surface area contributed by atoms with Gasteiger partial charge in [0.05, 0.1) is 17.7 Å². The van der Waals surface area contributed by atoms with Crippen molar-refractivity contribution in [2.75, 3.05) is 0 Å². The van der Waals surface area contributed by atoms with Gasteiger partial charge in [-0.05, 0) is 41.9 Å². The van der Waals surface area contributed by atoms with Gasteiger partial charge in [0.25, 0.3) is 5.91 Å². The Morgan fingerprint density at radius 2 is 2.00 bits per heavy atom. The lowest BCUT2D eigenvalue weighted by Crippen LogP contribution is -2.39. The van der Waals surface area contributed by atoms with Crippen LogP contribution in [0.25, 0.3) is 0 Å². The molecule has 4 heteroatoms. The molecule has 2 atom stereocenters. The highest BCUT2D eigenvalue weighted by Gasteiger charge is 2.14. The molecule has 82 valence electrons. The van der Waals surface area contributed by atoms with Crippen molar-refractivity contribution in [1.29, 1.82) is 0 Å². The molecular formula is C11H14BrNO2. The van der Waals surface area contributed by atoms with E-state index in [-0.39, 0.29) is 11.9 Å². The van der Waals surface area contributed by atoms with Crippen LogP contribution in [-0.2, 0) is 0 Å². The molecule has 1 amide bonds. The van der Waals surface area contributed by atoms with Gasteiger partial charge in [0, 0.05) is 4.47 Å². The topological polar surface area (TPSA) is 49.3 Å². The highest BCUT2D eigenvalue weighted by molar-refractivity contribution is 9.10. The standard InChI is InChI=1S/C11H14BrNO2/c1-7(8(2)14)13-11(15)9-5-3-4-6-10(9)12/h3-8,14H,1-2H3,(H,13,15). The first-order valence-electron chi connectivity index (χ1n) is 4.76. The van der Waals surface area contributed by atoms with Crippen molar-refractivity contribution < 1.29 is 9.90 Å². The van der Waals surface area contributed by atoms with Crippen molar-refractivity contribution in [3.63, 3.8) is 0 Å². The van der Waals surface area contributed by atoms with Gasteiger partial charge in [-0.25, -0.2) is 0 Å². The van der Waals surface area contributed by atoms with E-state index in [9.17, 15) is 9.90 Å². The van der Waals surface area contributed by atoms with Crippen LogP contribution in [-0.4, -0.2) is 23.2 Å². The third-order valence-corrected chi connectivity index (χ3v) is 2.89. The molecule has 0 bridgehead atoms. The summed E-state index contributed by atoms with van der Waals surface area (Å²) in [7, 11) is 0. The number of rotatable bonds is 3. The molecule has 0 aromatic heterocycles. The number of aliphatic hydroxyl groups excluding tert-OH is 1. The molecule has 0 saturated carbocycles. The number of aliphatic hydroxyl groups is 1. The van der Waals surface area contributed by atoms with E-state index in [0.29, 0.717) is 5.56 Å². The van der Waals surface area contributed by atoms with Crippen molar-refractivity contribution in [3.05, 3.63) is 34.3 Å². The fourth-order valence-electron chi connectivity index (χ4n) is 1.05. The number of amides is 1. The first kappa shape index (κ1) is 12.2. The summed E-state index contributed by atoms with van der Waals surface area (Å²) in [6.45, 7) is 3.41. The zero-order valence-corrected chi connectivity index (χ0v) is 10.3. The van der Waals surface area contributed by atoms with Gasteiger partial charge in [0.1, 0.15) is 0 Å². The average molecular weight is 272 g/mol. The zero-order valence-electron chi connectivity index (χ0n) is 8.70. The predicted molar refractivity (Wildman–Crippen MR) is 62.8 cm³/mol. The van der Waals surface area contributed by atoms with E-state index >= 15 is 0 Å². The molecule has 0 fully saturated rings. The lowest BCUT2D eigenvalue weighted by Gasteiger charge is -2.16. The second kappa shape index (κ2) is 5.28. The van der Waals surface area contributed by atoms with Gasteiger partial charge < -0.3 is 10.4 Å². The minimum Gasteiger partial charge on any atom is -0.391 e. The molecule has 15 heavy (non-hydrogen) atoms. The lowest BCUT2D eigenvalue weighted by molar-refractivity contribution is 0.0873. The number of carbonyl (C=O) groups excluding carboxylic acids is 1. The largest absolute Gasteiger partial charge is 0.391 e. The Morgan fingerprint density at radius 1 is 1.40 bits per heavy atom. The summed E-state index contributed by atoms with van der Waals surface area (Å²) < 4.78 is 0.750. The Bertz CT molecular complexity index is 352. The molecule has 0 saturated heterocycles. The number of benzene rings is 1. The molecule has 0 spiro atoms. The highest BCUT2D eigenvalue weighted by atomic mass is 79.9. The number of carbonyl (C=O) groups is 1. The molecule has 0 aliphatic carbocycles. The van der Waals surface area contributed by atoms with E-state index < -0.39 is 6.10 Å². The maximum Gasteiger partial charge on any atom is 0.252 e. The van der Waals surface area contributed by atoms with Crippen molar-refractivity contribution in [1.82, 2.24) is 5.32 Å². The fraction of sp³-hybridized carbons (Fsp3) is 0.364. The SMILES string of the molecule is CC(O)C(C)NC(=O)c1ccccc1Br. The second-order valence-electron chi connectivity index (χ2n) is 3.48. The average Bonchev–Trinajstić information content (AvgIpc) is 2.18. The minimum absolute atomic E-state index is 0.184. The number of hydrogen-bond donors (Lipinski definition) is 2. The summed E-state index contributed by atoms with van der Waals surface area (Å²) in [5.41, 5.74) is 0.574. The smallest absolute Gasteiger partial charge is 0.252 e. The van der Waals surface area contributed by atoms with Crippen LogP contribution in [0, 0.1) is 0 Å². The Labute approximate surface area is 97.6 Å². The van der Waals surface area contributed by atoms with E-state index in [4.69, 9.17) is 0 Å². The number of halogens is 1. The molecule has 2 unspecified atom stereocenters. The van der Waals surface area contributed by atoms with Crippen LogP contribution in [0.3, 0.4) is 0 Å². The Morgan fingerprint density at radius 3 is 2.53 bits per heavy atom. The van der Waals surface area contributed by atoms with Crippen molar-refractivity contribution in [2.45, 2.75) is 26.0 Å². The van der Waals surface area contributed by atoms with E-state index in [2.05, 4.69) is 21.2 Å². The van der Waals surface area contributed by atoms with Crippen LogP contribution in [0.2, 0.25) is 0 Å². The van der Waals surface area contributed by atoms with Crippen molar-refractivity contribution >= 4 is 21.8 Å². The maximum atomic E-state index is 11.7. The molecule has 0 aliphatic heterocycles. The fourth-order valence-corrected chi connectivity index (χ4v) is 1.52. The van der Waals surface area contributed by atoms with E-state index in [1.54, 1.807) is 26.0 Å². The molecule has 2 N–H and O–H groups in total. The number of hydrogen-bond acceptors (Lipinski definition) is 2. The Balaban J connectivity index is 2.74. The molecule has 1 aromatic carbocycles. The summed E-state index contributed by atoms with van der Waals surface area (Å²) >= 11 is 3.30. The van der Waals surface area contributed by atoms with Crippen LogP contribution in [0.15, 0.2) is 28.7 Å². The molecule has 1 rings (SSSR count). The summed E-state index contributed by atoms with van der Waals surface area (Å²) in [4.78, 5) is 11.7. The van der Waals surface area contributed by atoms with Gasteiger partial charge >= 0.3 is 0 Å². The van der Waals surface area contributed by atoms with Crippen LogP contribution < -0.4 is 5.32 Å². The van der Waals surface area contributed by atoms with E-state index in [0.717, 1.165) is 4.47 Å². The second-order valence-corrected chi connectivity index (χ2v) is 4.34. The predicted octanol–water partition coefficient (Wildman–Crippen LogP) is 1.95. The minimum atomic E-state index is -0.559. The van der Waals surface area contributed by atoms with Gasteiger partial charge in [-0.2, -0.15) is 0 Å². The molecule has 0 aliphatic rings. The quantitative estimate of drug-likeness (QED) is 0.883. The number of nitrogens with one attached hydrogen (secondary N) is 1. The Kier molecular flexibility index (Phi) is 4.29. The van der Waals surface area contributed by atoms with Crippen LogP contribution in [0.5, 0.6) is 0 Å². The molecular weight excluding hydrogens is 258 g/mol. The first-order valence-corrected chi connectivity index (χ1v) is 5.55.